The molecule has 1 aliphatic carbocycles. The van der Waals surface area contributed by atoms with Crippen molar-refractivity contribution in [3.8, 4) is 0 Å². The van der Waals surface area contributed by atoms with E-state index in [0.29, 0.717) is 12.2 Å². The van der Waals surface area contributed by atoms with Gasteiger partial charge in [-0.2, -0.15) is 0 Å². The lowest BCUT2D eigenvalue weighted by atomic mass is 9.94. The molecule has 0 bridgehead atoms. The predicted octanol–water partition coefficient (Wildman–Crippen LogP) is 3.19. The van der Waals surface area contributed by atoms with E-state index in [2.05, 4.69) is 22.3 Å². The lowest BCUT2D eigenvalue weighted by Crippen LogP contribution is -2.10. The molecule has 0 heterocycles. The molecule has 1 aromatic carbocycles. The smallest absolute Gasteiger partial charge is 0.160 e. The van der Waals surface area contributed by atoms with Crippen LogP contribution in [0.5, 0.6) is 0 Å². The SMILES string of the molecule is CN(C)c1ccc(N/C=C2/CCCCC2=O)cc1. The maximum absolute atomic E-state index is 11.6. The molecule has 0 saturated heterocycles. The number of carbonyl (C=O) groups excluding carboxylic acids is 1. The van der Waals surface area contributed by atoms with Crippen LogP contribution in [0.4, 0.5) is 11.4 Å². The lowest BCUT2D eigenvalue weighted by molar-refractivity contribution is -0.116. The van der Waals surface area contributed by atoms with Crippen LogP contribution in [0.25, 0.3) is 0 Å². The summed E-state index contributed by atoms with van der Waals surface area (Å²) in [6.07, 6.45) is 5.63. The van der Waals surface area contributed by atoms with Crippen molar-refractivity contribution in [2.75, 3.05) is 24.3 Å². The molecule has 0 atom stereocenters. The molecular formula is C15H20N2O. The van der Waals surface area contributed by atoms with Crippen LogP contribution >= 0.6 is 0 Å². The minimum atomic E-state index is 0.290. The molecule has 0 amide bonds. The Hall–Kier alpha value is -1.77. The van der Waals surface area contributed by atoms with Gasteiger partial charge in [-0.3, -0.25) is 4.79 Å². The molecule has 0 spiro atoms. The van der Waals surface area contributed by atoms with E-state index in [-0.39, 0.29) is 0 Å². The van der Waals surface area contributed by atoms with Gasteiger partial charge in [-0.15, -0.1) is 0 Å². The Morgan fingerprint density at radius 3 is 2.39 bits per heavy atom. The number of allylic oxidation sites excluding steroid dienone is 1. The largest absolute Gasteiger partial charge is 0.378 e. The van der Waals surface area contributed by atoms with E-state index in [1.165, 1.54) is 5.69 Å². The number of rotatable bonds is 3. The molecule has 1 saturated carbocycles. The molecule has 0 aromatic heterocycles. The number of nitrogens with zero attached hydrogens (tertiary/aromatic N) is 1. The topological polar surface area (TPSA) is 32.3 Å². The summed E-state index contributed by atoms with van der Waals surface area (Å²) < 4.78 is 0. The van der Waals surface area contributed by atoms with Gasteiger partial charge in [-0.1, -0.05) is 0 Å². The molecule has 0 aliphatic heterocycles. The first kappa shape index (κ1) is 12.7. The standard InChI is InChI=1S/C15H20N2O/c1-17(2)14-9-7-13(8-10-14)16-11-12-5-3-4-6-15(12)18/h7-11,16H,3-6H2,1-2H3/b12-11-. The van der Waals surface area contributed by atoms with Crippen molar-refractivity contribution in [3.05, 3.63) is 36.0 Å². The van der Waals surface area contributed by atoms with Crippen LogP contribution in [0, 0.1) is 0 Å². The third-order valence-electron chi connectivity index (χ3n) is 3.25. The molecule has 1 N–H and O–H groups in total. The van der Waals surface area contributed by atoms with E-state index in [4.69, 9.17) is 0 Å². The fraction of sp³-hybridized carbons (Fsp3) is 0.400. The molecule has 0 radical (unpaired) electrons. The van der Waals surface area contributed by atoms with Crippen molar-refractivity contribution in [2.24, 2.45) is 0 Å². The van der Waals surface area contributed by atoms with Crippen LogP contribution in [0.15, 0.2) is 36.0 Å². The summed E-state index contributed by atoms with van der Waals surface area (Å²) in [7, 11) is 4.04. The van der Waals surface area contributed by atoms with Crippen molar-refractivity contribution in [1.82, 2.24) is 0 Å². The van der Waals surface area contributed by atoms with Crippen molar-refractivity contribution in [3.63, 3.8) is 0 Å². The zero-order valence-corrected chi connectivity index (χ0v) is 11.1. The van der Waals surface area contributed by atoms with Crippen LogP contribution in [-0.2, 0) is 4.79 Å². The molecule has 1 aliphatic rings. The predicted molar refractivity (Wildman–Crippen MR) is 75.9 cm³/mol. The Morgan fingerprint density at radius 1 is 1.11 bits per heavy atom. The van der Waals surface area contributed by atoms with E-state index in [1.807, 2.05) is 32.4 Å². The quantitative estimate of drug-likeness (QED) is 0.829. The maximum atomic E-state index is 11.6. The molecule has 3 heteroatoms. The second kappa shape index (κ2) is 5.71. The third-order valence-corrected chi connectivity index (χ3v) is 3.25. The highest BCUT2D eigenvalue weighted by Gasteiger charge is 2.14. The van der Waals surface area contributed by atoms with Gasteiger partial charge in [0.25, 0.3) is 0 Å². The highest BCUT2D eigenvalue weighted by Crippen LogP contribution is 2.21. The minimum Gasteiger partial charge on any atom is -0.378 e. The number of anilines is 2. The van der Waals surface area contributed by atoms with Crippen LogP contribution < -0.4 is 10.2 Å². The van der Waals surface area contributed by atoms with Gasteiger partial charge in [0.2, 0.25) is 0 Å². The first-order valence-electron chi connectivity index (χ1n) is 6.43. The maximum Gasteiger partial charge on any atom is 0.160 e. The number of benzene rings is 1. The molecule has 18 heavy (non-hydrogen) atoms. The van der Waals surface area contributed by atoms with E-state index in [0.717, 1.165) is 30.5 Å². The van der Waals surface area contributed by atoms with Crippen LogP contribution in [0.2, 0.25) is 0 Å². The Morgan fingerprint density at radius 2 is 1.78 bits per heavy atom. The highest BCUT2D eigenvalue weighted by molar-refractivity contribution is 5.96. The van der Waals surface area contributed by atoms with Crippen LogP contribution in [-0.4, -0.2) is 19.9 Å². The Bertz CT molecular complexity index is 446. The molecule has 0 unspecified atom stereocenters. The van der Waals surface area contributed by atoms with E-state index in [1.54, 1.807) is 0 Å². The Balaban J connectivity index is 2.01. The first-order valence-corrected chi connectivity index (χ1v) is 6.43. The van der Waals surface area contributed by atoms with Crippen molar-refractivity contribution < 1.29 is 4.79 Å². The van der Waals surface area contributed by atoms with Gasteiger partial charge in [0.1, 0.15) is 0 Å². The summed E-state index contributed by atoms with van der Waals surface area (Å²) in [5.74, 6) is 0.290. The Kier molecular flexibility index (Phi) is 4.03. The van der Waals surface area contributed by atoms with Crippen LogP contribution in [0.1, 0.15) is 25.7 Å². The van der Waals surface area contributed by atoms with Gasteiger partial charge in [0.15, 0.2) is 5.78 Å². The second-order valence-corrected chi connectivity index (χ2v) is 4.89. The molecule has 96 valence electrons. The molecular weight excluding hydrogens is 224 g/mol. The summed E-state index contributed by atoms with van der Waals surface area (Å²) in [5, 5.41) is 3.21. The fourth-order valence-corrected chi connectivity index (χ4v) is 2.08. The Labute approximate surface area is 108 Å². The monoisotopic (exact) mass is 244 g/mol. The normalized spacial score (nSPS) is 17.9. The van der Waals surface area contributed by atoms with Crippen LogP contribution in [0.3, 0.4) is 0 Å². The fourth-order valence-electron chi connectivity index (χ4n) is 2.08. The zero-order chi connectivity index (χ0) is 13.0. The van der Waals surface area contributed by atoms with Crippen molar-refractivity contribution >= 4 is 17.2 Å². The number of carbonyl (C=O) groups is 1. The molecule has 3 nitrogen and oxygen atoms in total. The van der Waals surface area contributed by atoms with Crippen molar-refractivity contribution in [2.45, 2.75) is 25.7 Å². The average Bonchev–Trinajstić information content (AvgIpc) is 2.38. The average molecular weight is 244 g/mol. The zero-order valence-electron chi connectivity index (χ0n) is 11.1. The van der Waals surface area contributed by atoms with Crippen molar-refractivity contribution in [1.29, 1.82) is 0 Å². The highest BCUT2D eigenvalue weighted by atomic mass is 16.1. The van der Waals surface area contributed by atoms with Gasteiger partial charge in [-0.25, -0.2) is 0 Å². The number of nitrogens with one attached hydrogen (secondary N) is 1. The minimum absolute atomic E-state index is 0.290. The van der Waals surface area contributed by atoms with E-state index >= 15 is 0 Å². The summed E-state index contributed by atoms with van der Waals surface area (Å²) in [6, 6.07) is 8.17. The summed E-state index contributed by atoms with van der Waals surface area (Å²) in [6.45, 7) is 0. The molecule has 1 fully saturated rings. The first-order chi connectivity index (χ1) is 8.66. The number of ketones is 1. The van der Waals surface area contributed by atoms with Gasteiger partial charge in [-0.05, 0) is 43.5 Å². The van der Waals surface area contributed by atoms with E-state index in [9.17, 15) is 4.79 Å². The second-order valence-electron chi connectivity index (χ2n) is 4.89. The lowest BCUT2D eigenvalue weighted by Gasteiger charge is -2.14. The van der Waals surface area contributed by atoms with Gasteiger partial charge >= 0.3 is 0 Å². The number of Topliss-reactive ketones (excluding diaryl/α,β-unsaturated/α-hetero) is 1. The number of hydrogen-bond donors (Lipinski definition) is 1. The summed E-state index contributed by atoms with van der Waals surface area (Å²) in [4.78, 5) is 13.7. The third kappa shape index (κ3) is 3.13. The molecule has 1 aromatic rings. The van der Waals surface area contributed by atoms with Gasteiger partial charge < -0.3 is 10.2 Å². The summed E-state index contributed by atoms with van der Waals surface area (Å²) in [5.41, 5.74) is 3.12. The van der Waals surface area contributed by atoms with Gasteiger partial charge in [0.05, 0.1) is 0 Å². The van der Waals surface area contributed by atoms with Gasteiger partial charge in [0, 0.05) is 43.7 Å². The number of hydrogen-bond acceptors (Lipinski definition) is 3. The molecule has 2 rings (SSSR count). The summed E-state index contributed by atoms with van der Waals surface area (Å²) >= 11 is 0. The van der Waals surface area contributed by atoms with E-state index < -0.39 is 0 Å².